The largest absolute Gasteiger partial charge is 0.357 e. The van der Waals surface area contributed by atoms with E-state index in [-0.39, 0.29) is 11.1 Å². The molecule has 7 heteroatoms. The number of allylic oxidation sites excluding steroid dienone is 1. The third kappa shape index (κ3) is 4.45. The topological polar surface area (TPSA) is 71.0 Å². The second kappa shape index (κ2) is 9.04. The van der Waals surface area contributed by atoms with E-state index in [9.17, 15) is 9.18 Å². The smallest absolute Gasteiger partial charge is 0.258 e. The number of hydrogen-bond acceptors (Lipinski definition) is 5. The van der Waals surface area contributed by atoms with Crippen molar-refractivity contribution in [2.75, 3.05) is 23.3 Å². The van der Waals surface area contributed by atoms with Crippen molar-refractivity contribution in [3.8, 4) is 0 Å². The van der Waals surface area contributed by atoms with Crippen LogP contribution in [0.1, 0.15) is 46.8 Å². The van der Waals surface area contributed by atoms with E-state index in [1.165, 1.54) is 19.0 Å². The van der Waals surface area contributed by atoms with Gasteiger partial charge in [-0.3, -0.25) is 9.78 Å². The monoisotopic (exact) mass is 417 g/mol. The van der Waals surface area contributed by atoms with E-state index in [2.05, 4.69) is 37.3 Å². The Hall–Kier alpha value is -3.61. The molecule has 31 heavy (non-hydrogen) atoms. The number of carbonyl (C=O) groups excluding carboxylic acids is 1. The molecule has 1 amide bonds. The van der Waals surface area contributed by atoms with Crippen LogP contribution < -0.4 is 10.2 Å². The van der Waals surface area contributed by atoms with Crippen molar-refractivity contribution < 1.29 is 9.18 Å². The molecule has 0 spiro atoms. The molecule has 6 nitrogen and oxygen atoms in total. The first kappa shape index (κ1) is 20.7. The van der Waals surface area contributed by atoms with Crippen LogP contribution in [0.4, 0.5) is 16.0 Å². The van der Waals surface area contributed by atoms with E-state index < -0.39 is 11.7 Å². The van der Waals surface area contributed by atoms with Crippen LogP contribution >= 0.6 is 0 Å². The van der Waals surface area contributed by atoms with Gasteiger partial charge in [0, 0.05) is 48.4 Å². The molecular weight excluding hydrogens is 393 g/mol. The van der Waals surface area contributed by atoms with Gasteiger partial charge in [-0.05, 0) is 56.5 Å². The van der Waals surface area contributed by atoms with Crippen molar-refractivity contribution in [3.63, 3.8) is 0 Å². The third-order valence-corrected chi connectivity index (χ3v) is 5.49. The van der Waals surface area contributed by atoms with E-state index in [0.29, 0.717) is 5.82 Å². The van der Waals surface area contributed by atoms with E-state index in [0.717, 1.165) is 41.8 Å². The Morgan fingerprint density at radius 1 is 1.03 bits per heavy atom. The van der Waals surface area contributed by atoms with Gasteiger partial charge in [0.1, 0.15) is 17.5 Å². The summed E-state index contributed by atoms with van der Waals surface area (Å²) >= 11 is 0. The fourth-order valence-electron chi connectivity index (χ4n) is 3.72. The summed E-state index contributed by atoms with van der Waals surface area (Å²) in [5, 5.41) is 2.69. The molecule has 0 saturated carbocycles. The fourth-order valence-corrected chi connectivity index (χ4v) is 3.72. The molecule has 0 radical (unpaired) electrons. The summed E-state index contributed by atoms with van der Waals surface area (Å²) in [6.45, 7) is 5.64. The second-order valence-corrected chi connectivity index (χ2v) is 7.48. The minimum absolute atomic E-state index is 0.184. The number of hydrogen-bond donors (Lipinski definition) is 1. The minimum Gasteiger partial charge on any atom is -0.357 e. The number of aromatic nitrogens is 3. The third-order valence-electron chi connectivity index (χ3n) is 5.49. The summed E-state index contributed by atoms with van der Waals surface area (Å²) in [5.41, 5.74) is 3.37. The summed E-state index contributed by atoms with van der Waals surface area (Å²) in [7, 11) is 0. The highest BCUT2D eigenvalue weighted by Gasteiger charge is 2.15. The van der Waals surface area contributed by atoms with Crippen LogP contribution in [-0.2, 0) is 0 Å². The first-order valence-electron chi connectivity index (χ1n) is 10.3. The summed E-state index contributed by atoms with van der Waals surface area (Å²) < 4.78 is 13.7. The Bertz CT molecular complexity index is 1100. The maximum absolute atomic E-state index is 13.7. The summed E-state index contributed by atoms with van der Waals surface area (Å²) in [6.07, 6.45) is 10.5. The van der Waals surface area contributed by atoms with Gasteiger partial charge in [-0.25, -0.2) is 14.4 Å². The van der Waals surface area contributed by atoms with Crippen LogP contribution in [0, 0.1) is 12.7 Å². The molecule has 1 fully saturated rings. The molecule has 4 heterocycles. The van der Waals surface area contributed by atoms with Crippen LogP contribution in [0.25, 0.3) is 5.57 Å². The van der Waals surface area contributed by atoms with Gasteiger partial charge in [-0.15, -0.1) is 0 Å². The second-order valence-electron chi connectivity index (χ2n) is 7.48. The molecule has 1 N–H and O–H groups in total. The molecule has 1 aliphatic rings. The van der Waals surface area contributed by atoms with Gasteiger partial charge in [0.15, 0.2) is 0 Å². The van der Waals surface area contributed by atoms with Crippen molar-refractivity contribution in [3.05, 3.63) is 83.2 Å². The lowest BCUT2D eigenvalue weighted by molar-refractivity contribution is 0.102. The van der Waals surface area contributed by atoms with Crippen molar-refractivity contribution in [1.29, 1.82) is 0 Å². The zero-order chi connectivity index (χ0) is 21.8. The predicted molar refractivity (Wildman–Crippen MR) is 120 cm³/mol. The maximum Gasteiger partial charge on any atom is 0.258 e. The predicted octanol–water partition coefficient (Wildman–Crippen LogP) is 4.62. The average Bonchev–Trinajstić information content (AvgIpc) is 3.33. The van der Waals surface area contributed by atoms with Gasteiger partial charge in [0.05, 0.1) is 11.8 Å². The Morgan fingerprint density at radius 2 is 1.74 bits per heavy atom. The number of carbonyl (C=O) groups is 1. The van der Waals surface area contributed by atoms with Crippen molar-refractivity contribution >= 4 is 23.1 Å². The number of nitrogens with one attached hydrogen (secondary N) is 1. The molecule has 0 bridgehead atoms. The molecule has 1 aliphatic heterocycles. The Balaban J connectivity index is 1.48. The van der Waals surface area contributed by atoms with Crippen LogP contribution in [0.2, 0.25) is 0 Å². The average molecular weight is 417 g/mol. The quantitative estimate of drug-likeness (QED) is 0.656. The van der Waals surface area contributed by atoms with E-state index in [1.807, 2.05) is 25.3 Å². The van der Waals surface area contributed by atoms with Gasteiger partial charge in [-0.1, -0.05) is 6.08 Å². The number of rotatable bonds is 5. The lowest BCUT2D eigenvalue weighted by Crippen LogP contribution is -2.18. The highest BCUT2D eigenvalue weighted by molar-refractivity contribution is 6.04. The SMILES string of the molecule is CC=C(c1ccc(NC(=O)c2cncc(F)c2C)nc1)c1ccc(N2CCCC2)nc1. The number of amides is 1. The summed E-state index contributed by atoms with van der Waals surface area (Å²) in [4.78, 5) is 27.5. The zero-order valence-corrected chi connectivity index (χ0v) is 17.6. The van der Waals surface area contributed by atoms with Crippen LogP contribution in [-0.4, -0.2) is 33.9 Å². The normalized spacial score (nSPS) is 14.0. The number of nitrogens with zero attached hydrogens (tertiary/aromatic N) is 4. The van der Waals surface area contributed by atoms with Crippen molar-refractivity contribution in [2.24, 2.45) is 0 Å². The summed E-state index contributed by atoms with van der Waals surface area (Å²) in [5.74, 6) is 0.432. The van der Waals surface area contributed by atoms with Gasteiger partial charge in [0.25, 0.3) is 5.91 Å². The van der Waals surface area contributed by atoms with Gasteiger partial charge < -0.3 is 10.2 Å². The minimum atomic E-state index is -0.516. The molecule has 4 rings (SSSR count). The Labute approximate surface area is 180 Å². The summed E-state index contributed by atoms with van der Waals surface area (Å²) in [6, 6.07) is 7.75. The number of anilines is 2. The fraction of sp³-hybridized carbons (Fsp3) is 0.250. The highest BCUT2D eigenvalue weighted by atomic mass is 19.1. The van der Waals surface area contributed by atoms with Crippen molar-refractivity contribution in [2.45, 2.75) is 26.7 Å². The van der Waals surface area contributed by atoms with Crippen molar-refractivity contribution in [1.82, 2.24) is 15.0 Å². The van der Waals surface area contributed by atoms with E-state index >= 15 is 0 Å². The van der Waals surface area contributed by atoms with Crippen LogP contribution in [0.3, 0.4) is 0 Å². The molecule has 3 aromatic rings. The molecule has 1 saturated heterocycles. The van der Waals surface area contributed by atoms with E-state index in [4.69, 9.17) is 0 Å². The maximum atomic E-state index is 13.7. The number of pyridine rings is 3. The van der Waals surface area contributed by atoms with Crippen LogP contribution in [0.5, 0.6) is 0 Å². The molecule has 0 aliphatic carbocycles. The lowest BCUT2D eigenvalue weighted by Gasteiger charge is -2.17. The Morgan fingerprint density at radius 3 is 2.35 bits per heavy atom. The zero-order valence-electron chi connectivity index (χ0n) is 17.6. The first-order valence-corrected chi connectivity index (χ1v) is 10.3. The van der Waals surface area contributed by atoms with Gasteiger partial charge in [0.2, 0.25) is 0 Å². The van der Waals surface area contributed by atoms with Gasteiger partial charge in [-0.2, -0.15) is 0 Å². The van der Waals surface area contributed by atoms with E-state index in [1.54, 1.807) is 19.2 Å². The molecule has 0 unspecified atom stereocenters. The van der Waals surface area contributed by atoms with Gasteiger partial charge >= 0.3 is 0 Å². The molecular formula is C24H24FN5O. The van der Waals surface area contributed by atoms with Crippen LogP contribution in [0.15, 0.2) is 55.1 Å². The molecule has 158 valence electrons. The molecule has 0 atom stereocenters. The Kier molecular flexibility index (Phi) is 6.02. The highest BCUT2D eigenvalue weighted by Crippen LogP contribution is 2.25. The molecule has 0 aromatic carbocycles. The standard InChI is InChI=1S/C24H24FN5O/c1-3-19(18-7-9-23(28-13-18)30-10-4-5-11-30)17-6-8-22(27-12-17)29-24(31)20-14-26-15-21(25)16(20)2/h3,6-9,12-15H,4-5,10-11H2,1-2H3,(H,27,29,31). The number of halogens is 1. The lowest BCUT2D eigenvalue weighted by atomic mass is 10.0. The molecule has 3 aromatic heterocycles. The first-order chi connectivity index (χ1) is 15.1.